The van der Waals surface area contributed by atoms with Crippen LogP contribution in [0.15, 0.2) is 72.8 Å². The number of carbonyl (C=O) groups excluding carboxylic acids is 5. The minimum absolute atomic E-state index is 0.0482. The molecule has 0 saturated heterocycles. The van der Waals surface area contributed by atoms with Crippen molar-refractivity contribution in [2.24, 2.45) is 0 Å². The zero-order valence-electron chi connectivity index (χ0n) is 22.8. The maximum absolute atomic E-state index is 13.5. The van der Waals surface area contributed by atoms with Crippen LogP contribution in [0, 0.1) is 0 Å². The van der Waals surface area contributed by atoms with Gasteiger partial charge in [-0.1, -0.05) is 60.7 Å². The van der Waals surface area contributed by atoms with E-state index in [1.54, 1.807) is 20.8 Å². The van der Waals surface area contributed by atoms with Gasteiger partial charge in [0.25, 0.3) is 11.8 Å². The van der Waals surface area contributed by atoms with E-state index in [1.807, 2.05) is 60.7 Å². The highest BCUT2D eigenvalue weighted by molar-refractivity contribution is 6.34. The van der Waals surface area contributed by atoms with Crippen LogP contribution in [0.2, 0.25) is 0 Å². The van der Waals surface area contributed by atoms with Crippen molar-refractivity contribution in [2.75, 3.05) is 7.11 Å². The van der Waals surface area contributed by atoms with E-state index >= 15 is 0 Å². The highest BCUT2D eigenvalue weighted by atomic mass is 16.7. The Morgan fingerprint density at radius 1 is 0.829 bits per heavy atom. The average molecular weight is 558 g/mol. The van der Waals surface area contributed by atoms with Crippen LogP contribution in [-0.4, -0.2) is 53.2 Å². The summed E-state index contributed by atoms with van der Waals surface area (Å²) in [6, 6.07) is 19.5. The molecule has 1 atom stereocenters. The first-order valence-electron chi connectivity index (χ1n) is 12.8. The first kappa shape index (κ1) is 27.6. The van der Waals surface area contributed by atoms with Crippen LogP contribution in [-0.2, 0) is 29.6 Å². The Hall–Kier alpha value is -4.99. The summed E-state index contributed by atoms with van der Waals surface area (Å²) >= 11 is 0. The molecule has 2 aliphatic heterocycles. The van der Waals surface area contributed by atoms with Gasteiger partial charge in [-0.25, -0.2) is 9.59 Å². The molecule has 2 heterocycles. The smallest absolute Gasteiger partial charge is 0.375 e. The number of ketones is 1. The van der Waals surface area contributed by atoms with Crippen molar-refractivity contribution in [3.8, 4) is 11.5 Å². The standard InChI is InChI=1S/C31H27NO9/c1-30(2,3)41-29(37)23(33)17-22(28(36)38-4)32-26(34)20-15-24-25(16-21(20)27(32)35)40-31(39-24,18-11-7-5-8-12-18)19-13-9-6-10-14-19/h5-16,22H,17H2,1-4H3/t22-/m0/s1. The van der Waals surface area contributed by atoms with Crippen molar-refractivity contribution in [1.29, 1.82) is 0 Å². The Balaban J connectivity index is 1.48. The normalized spacial score (nSPS) is 15.8. The Labute approximate surface area is 235 Å². The number of hydrogen-bond donors (Lipinski definition) is 0. The lowest BCUT2D eigenvalue weighted by molar-refractivity contribution is -0.163. The summed E-state index contributed by atoms with van der Waals surface area (Å²) in [7, 11) is 1.05. The van der Waals surface area contributed by atoms with Gasteiger partial charge < -0.3 is 18.9 Å². The predicted octanol–water partition coefficient (Wildman–Crippen LogP) is 3.80. The molecule has 0 saturated carbocycles. The van der Waals surface area contributed by atoms with Gasteiger partial charge >= 0.3 is 17.7 Å². The molecule has 3 aromatic rings. The van der Waals surface area contributed by atoms with Gasteiger partial charge in [0.15, 0.2) is 11.5 Å². The molecule has 0 bridgehead atoms. The lowest BCUT2D eigenvalue weighted by atomic mass is 9.97. The summed E-state index contributed by atoms with van der Waals surface area (Å²) in [4.78, 5) is 65.2. The molecule has 5 rings (SSSR count). The fourth-order valence-electron chi connectivity index (χ4n) is 4.77. The van der Waals surface area contributed by atoms with Gasteiger partial charge in [-0.3, -0.25) is 19.3 Å². The Morgan fingerprint density at radius 3 is 1.71 bits per heavy atom. The summed E-state index contributed by atoms with van der Waals surface area (Å²) < 4.78 is 22.6. The maximum atomic E-state index is 13.5. The second kappa shape index (κ2) is 10.2. The molecule has 2 aliphatic rings. The zero-order valence-corrected chi connectivity index (χ0v) is 22.8. The summed E-state index contributed by atoms with van der Waals surface area (Å²) in [5.74, 6) is -5.97. The van der Waals surface area contributed by atoms with Crippen molar-refractivity contribution >= 4 is 29.5 Å². The molecule has 0 spiro atoms. The van der Waals surface area contributed by atoms with E-state index in [-0.39, 0.29) is 22.6 Å². The monoisotopic (exact) mass is 557 g/mol. The number of hydrogen-bond acceptors (Lipinski definition) is 9. The number of amides is 2. The quantitative estimate of drug-likeness (QED) is 0.242. The summed E-state index contributed by atoms with van der Waals surface area (Å²) in [6.07, 6.45) is -0.801. The number of fused-ring (bicyclic) bond motifs is 2. The van der Waals surface area contributed by atoms with Gasteiger partial charge in [0, 0.05) is 17.5 Å². The van der Waals surface area contributed by atoms with Crippen LogP contribution in [0.3, 0.4) is 0 Å². The molecule has 0 radical (unpaired) electrons. The number of methoxy groups -OCH3 is 1. The van der Waals surface area contributed by atoms with Gasteiger partial charge in [-0.05, 0) is 32.9 Å². The first-order valence-corrected chi connectivity index (χ1v) is 12.8. The van der Waals surface area contributed by atoms with E-state index in [0.29, 0.717) is 16.0 Å². The summed E-state index contributed by atoms with van der Waals surface area (Å²) in [5.41, 5.74) is 0.320. The molecule has 3 aromatic carbocycles. The van der Waals surface area contributed by atoms with Crippen LogP contribution in [0.25, 0.3) is 0 Å². The lowest BCUT2D eigenvalue weighted by Crippen LogP contribution is -2.47. The molecular formula is C31H27NO9. The largest absolute Gasteiger partial charge is 0.467 e. The molecule has 10 heteroatoms. The van der Waals surface area contributed by atoms with Crippen LogP contribution in [0.4, 0.5) is 0 Å². The van der Waals surface area contributed by atoms with E-state index in [9.17, 15) is 24.0 Å². The van der Waals surface area contributed by atoms with Crippen molar-refractivity contribution < 1.29 is 42.9 Å². The maximum Gasteiger partial charge on any atom is 0.375 e. The summed E-state index contributed by atoms with van der Waals surface area (Å²) in [5, 5.41) is 0. The van der Waals surface area contributed by atoms with Crippen molar-refractivity contribution in [3.63, 3.8) is 0 Å². The molecule has 10 nitrogen and oxygen atoms in total. The predicted molar refractivity (Wildman–Crippen MR) is 143 cm³/mol. The zero-order chi connectivity index (χ0) is 29.5. The highest BCUT2D eigenvalue weighted by Crippen LogP contribution is 2.49. The van der Waals surface area contributed by atoms with Gasteiger partial charge in [-0.15, -0.1) is 0 Å². The van der Waals surface area contributed by atoms with Crippen molar-refractivity contribution in [3.05, 3.63) is 95.1 Å². The Kier molecular flexibility index (Phi) is 6.86. The number of ether oxygens (including phenoxy) is 4. The highest BCUT2D eigenvalue weighted by Gasteiger charge is 2.50. The first-order chi connectivity index (χ1) is 19.4. The fourth-order valence-corrected chi connectivity index (χ4v) is 4.77. The second-order valence-corrected chi connectivity index (χ2v) is 10.5. The molecule has 0 N–H and O–H groups in total. The fraction of sp³-hybridized carbons (Fsp3) is 0.258. The van der Waals surface area contributed by atoms with Crippen LogP contribution >= 0.6 is 0 Å². The third-order valence-corrected chi connectivity index (χ3v) is 6.59. The topological polar surface area (TPSA) is 126 Å². The minimum Gasteiger partial charge on any atom is -0.467 e. The molecule has 41 heavy (non-hydrogen) atoms. The number of rotatable bonds is 7. The van der Waals surface area contributed by atoms with Crippen LogP contribution < -0.4 is 9.47 Å². The number of imide groups is 1. The third kappa shape index (κ3) is 4.93. The van der Waals surface area contributed by atoms with Crippen LogP contribution in [0.5, 0.6) is 11.5 Å². The average Bonchev–Trinajstić information content (AvgIpc) is 3.45. The van der Waals surface area contributed by atoms with E-state index in [1.165, 1.54) is 12.1 Å². The van der Waals surface area contributed by atoms with Gasteiger partial charge in [0.2, 0.25) is 5.78 Å². The number of nitrogens with zero attached hydrogens (tertiary/aromatic N) is 1. The molecule has 0 aromatic heterocycles. The second-order valence-electron chi connectivity index (χ2n) is 10.5. The van der Waals surface area contributed by atoms with Gasteiger partial charge in [-0.2, -0.15) is 0 Å². The SMILES string of the molecule is COC(=O)[C@H](CC(=O)C(=O)OC(C)(C)C)N1C(=O)c2cc3c(cc2C1=O)OC(c1ccccc1)(c1ccccc1)O3. The Bertz CT molecular complexity index is 1470. The van der Waals surface area contributed by atoms with E-state index in [2.05, 4.69) is 0 Å². The van der Waals surface area contributed by atoms with Gasteiger partial charge in [0.1, 0.15) is 11.6 Å². The molecule has 0 unspecified atom stereocenters. The number of benzene rings is 3. The number of esters is 2. The van der Waals surface area contributed by atoms with Crippen LogP contribution in [0.1, 0.15) is 59.0 Å². The Morgan fingerprint density at radius 2 is 1.29 bits per heavy atom. The molecular weight excluding hydrogens is 530 g/mol. The third-order valence-electron chi connectivity index (χ3n) is 6.59. The van der Waals surface area contributed by atoms with Crippen molar-refractivity contribution in [1.82, 2.24) is 4.90 Å². The van der Waals surface area contributed by atoms with E-state index in [0.717, 1.165) is 7.11 Å². The van der Waals surface area contributed by atoms with Crippen molar-refractivity contribution in [2.45, 2.75) is 44.6 Å². The van der Waals surface area contributed by atoms with Gasteiger partial charge in [0.05, 0.1) is 18.2 Å². The molecule has 0 fully saturated rings. The summed E-state index contributed by atoms with van der Waals surface area (Å²) in [6.45, 7) is 4.73. The number of carbonyl (C=O) groups is 5. The molecule has 0 aliphatic carbocycles. The molecule has 210 valence electrons. The lowest BCUT2D eigenvalue weighted by Gasteiger charge is -2.28. The van der Waals surface area contributed by atoms with E-state index in [4.69, 9.17) is 18.9 Å². The minimum atomic E-state index is -1.68. The van der Waals surface area contributed by atoms with E-state index < -0.39 is 53.4 Å². The number of Topliss-reactive ketones (excluding diaryl/α,β-unsaturated/α-hetero) is 1. The molecule has 2 amide bonds.